The smallest absolute Gasteiger partial charge is 0.383 e. The molecule has 0 bridgehead atoms. The Morgan fingerprint density at radius 3 is 2.46 bits per heavy atom. The molecule has 1 heterocycles. The van der Waals surface area contributed by atoms with Crippen LogP contribution >= 0.6 is 15.9 Å². The van der Waals surface area contributed by atoms with Crippen LogP contribution in [0.3, 0.4) is 0 Å². The number of nitrogens with zero attached hydrogens (tertiary/aromatic N) is 1. The molecule has 0 fully saturated rings. The number of nitrogen functional groups attached to an aromatic ring is 1. The Morgan fingerprint density at radius 2 is 2.00 bits per heavy atom. The number of pyridine rings is 1. The second kappa shape index (κ2) is 3.17. The maximum absolute atomic E-state index is 12.3. The highest BCUT2D eigenvalue weighted by Gasteiger charge is 2.33. The lowest BCUT2D eigenvalue weighted by atomic mass is 10.1. The van der Waals surface area contributed by atoms with Crippen molar-refractivity contribution in [3.05, 3.63) is 21.8 Å². The molecule has 0 radical (unpaired) electrons. The standard InChI is InChI=1S/C7H6BrF3N2/c1-3-4(7(9,10)11)2-13-6(12)5(3)8/h2H,1H3,(H2,12,13). The Bertz CT molecular complexity index is 335. The van der Waals surface area contributed by atoms with Crippen LogP contribution in [-0.4, -0.2) is 4.98 Å². The van der Waals surface area contributed by atoms with E-state index in [0.29, 0.717) is 0 Å². The first-order valence-corrected chi connectivity index (χ1v) is 4.11. The molecule has 0 aliphatic carbocycles. The SMILES string of the molecule is Cc1c(C(F)(F)F)cnc(N)c1Br. The second-order valence-electron chi connectivity index (χ2n) is 2.49. The molecule has 2 N–H and O–H groups in total. The Hall–Kier alpha value is -0.780. The van der Waals surface area contributed by atoms with Gasteiger partial charge in [-0.3, -0.25) is 0 Å². The van der Waals surface area contributed by atoms with Crippen LogP contribution < -0.4 is 5.73 Å². The van der Waals surface area contributed by atoms with Gasteiger partial charge in [0.2, 0.25) is 0 Å². The minimum Gasteiger partial charge on any atom is -0.383 e. The molecular formula is C7H6BrF3N2. The Balaban J connectivity index is 3.35. The normalized spacial score (nSPS) is 11.8. The first-order valence-electron chi connectivity index (χ1n) is 3.32. The van der Waals surface area contributed by atoms with Crippen molar-refractivity contribution in [1.29, 1.82) is 0 Å². The summed E-state index contributed by atoms with van der Waals surface area (Å²) in [6, 6.07) is 0. The molecule has 72 valence electrons. The van der Waals surface area contributed by atoms with E-state index in [-0.39, 0.29) is 15.9 Å². The van der Waals surface area contributed by atoms with Gasteiger partial charge in [-0.2, -0.15) is 13.2 Å². The van der Waals surface area contributed by atoms with Gasteiger partial charge >= 0.3 is 6.18 Å². The number of hydrogen-bond donors (Lipinski definition) is 1. The van der Waals surface area contributed by atoms with Gasteiger partial charge in [-0.25, -0.2) is 4.98 Å². The summed E-state index contributed by atoms with van der Waals surface area (Å²) in [7, 11) is 0. The van der Waals surface area contributed by atoms with Crippen LogP contribution in [0.1, 0.15) is 11.1 Å². The largest absolute Gasteiger partial charge is 0.418 e. The Kier molecular flexibility index (Phi) is 2.51. The van der Waals surface area contributed by atoms with E-state index in [4.69, 9.17) is 5.73 Å². The topological polar surface area (TPSA) is 38.9 Å². The molecule has 0 unspecified atom stereocenters. The van der Waals surface area contributed by atoms with Gasteiger partial charge in [0.1, 0.15) is 5.82 Å². The van der Waals surface area contributed by atoms with Gasteiger partial charge in [0.05, 0.1) is 10.0 Å². The van der Waals surface area contributed by atoms with Gasteiger partial charge in [0, 0.05) is 6.20 Å². The summed E-state index contributed by atoms with van der Waals surface area (Å²) in [5.41, 5.74) is 4.59. The lowest BCUT2D eigenvalue weighted by Gasteiger charge is -2.11. The van der Waals surface area contributed by atoms with Crippen molar-refractivity contribution in [1.82, 2.24) is 4.98 Å². The molecule has 13 heavy (non-hydrogen) atoms. The minimum atomic E-state index is -4.38. The van der Waals surface area contributed by atoms with Gasteiger partial charge in [-0.05, 0) is 28.4 Å². The molecule has 0 amide bonds. The van der Waals surface area contributed by atoms with E-state index in [1.807, 2.05) is 0 Å². The molecule has 0 saturated carbocycles. The third kappa shape index (κ3) is 1.93. The predicted octanol–water partition coefficient (Wildman–Crippen LogP) is 2.75. The summed E-state index contributed by atoms with van der Waals surface area (Å²) in [6.45, 7) is 1.34. The van der Waals surface area contributed by atoms with Crippen LogP contribution in [0.25, 0.3) is 0 Å². The van der Waals surface area contributed by atoms with Gasteiger partial charge < -0.3 is 5.73 Å². The number of anilines is 1. The highest BCUT2D eigenvalue weighted by Crippen LogP contribution is 2.35. The molecular weight excluding hydrogens is 249 g/mol. The van der Waals surface area contributed by atoms with E-state index in [2.05, 4.69) is 20.9 Å². The number of alkyl halides is 3. The molecule has 0 saturated heterocycles. The minimum absolute atomic E-state index is 0.0556. The summed E-state index contributed by atoms with van der Waals surface area (Å²) in [4.78, 5) is 3.42. The van der Waals surface area contributed by atoms with Crippen LogP contribution in [0.4, 0.5) is 19.0 Å². The van der Waals surface area contributed by atoms with E-state index < -0.39 is 11.7 Å². The first-order chi connectivity index (χ1) is 5.84. The predicted molar refractivity (Wildman–Crippen MR) is 46.1 cm³/mol. The van der Waals surface area contributed by atoms with Crippen molar-refractivity contribution < 1.29 is 13.2 Å². The molecule has 0 aliphatic heterocycles. The summed E-state index contributed by atoms with van der Waals surface area (Å²) in [5, 5.41) is 0. The number of halogens is 4. The van der Waals surface area contributed by atoms with Gasteiger partial charge in [0.25, 0.3) is 0 Å². The fourth-order valence-electron chi connectivity index (χ4n) is 0.884. The van der Waals surface area contributed by atoms with E-state index in [1.165, 1.54) is 6.92 Å². The van der Waals surface area contributed by atoms with Crippen LogP contribution in [0.2, 0.25) is 0 Å². The lowest BCUT2D eigenvalue weighted by molar-refractivity contribution is -0.138. The average molecular weight is 255 g/mol. The number of hydrogen-bond acceptors (Lipinski definition) is 2. The van der Waals surface area contributed by atoms with Crippen molar-refractivity contribution in [2.24, 2.45) is 0 Å². The van der Waals surface area contributed by atoms with Crippen molar-refractivity contribution in [2.75, 3.05) is 5.73 Å². The summed E-state index contributed by atoms with van der Waals surface area (Å²) in [6.07, 6.45) is -3.65. The molecule has 0 aromatic carbocycles. The molecule has 0 spiro atoms. The fourth-order valence-corrected chi connectivity index (χ4v) is 1.20. The van der Waals surface area contributed by atoms with Crippen molar-refractivity contribution in [2.45, 2.75) is 13.1 Å². The zero-order chi connectivity index (χ0) is 10.2. The van der Waals surface area contributed by atoms with E-state index in [9.17, 15) is 13.2 Å². The Morgan fingerprint density at radius 1 is 1.46 bits per heavy atom. The van der Waals surface area contributed by atoms with E-state index >= 15 is 0 Å². The molecule has 2 nitrogen and oxygen atoms in total. The van der Waals surface area contributed by atoms with E-state index in [0.717, 1.165) is 6.20 Å². The highest BCUT2D eigenvalue weighted by molar-refractivity contribution is 9.10. The van der Waals surface area contributed by atoms with Gasteiger partial charge in [-0.15, -0.1) is 0 Å². The first kappa shape index (κ1) is 10.3. The summed E-state index contributed by atoms with van der Waals surface area (Å²) >= 11 is 2.93. The number of nitrogens with two attached hydrogens (primary N) is 1. The third-order valence-electron chi connectivity index (χ3n) is 1.60. The second-order valence-corrected chi connectivity index (χ2v) is 3.29. The molecule has 6 heteroatoms. The van der Waals surface area contributed by atoms with Crippen molar-refractivity contribution >= 4 is 21.7 Å². The summed E-state index contributed by atoms with van der Waals surface area (Å²) in [5.74, 6) is 0.0606. The maximum Gasteiger partial charge on any atom is 0.418 e. The van der Waals surface area contributed by atoms with Crippen molar-refractivity contribution in [3.8, 4) is 0 Å². The zero-order valence-electron chi connectivity index (χ0n) is 6.61. The Labute approximate surface area is 81.1 Å². The quantitative estimate of drug-likeness (QED) is 0.774. The van der Waals surface area contributed by atoms with Gasteiger partial charge in [0.15, 0.2) is 0 Å². The highest BCUT2D eigenvalue weighted by atomic mass is 79.9. The van der Waals surface area contributed by atoms with Crippen LogP contribution in [0.5, 0.6) is 0 Å². The molecule has 1 aromatic rings. The fraction of sp³-hybridized carbons (Fsp3) is 0.286. The van der Waals surface area contributed by atoms with Crippen LogP contribution in [-0.2, 0) is 6.18 Å². The molecule has 0 aliphatic rings. The molecule has 1 rings (SSSR count). The van der Waals surface area contributed by atoms with Crippen LogP contribution in [0, 0.1) is 6.92 Å². The van der Waals surface area contributed by atoms with E-state index in [1.54, 1.807) is 0 Å². The molecule has 1 aromatic heterocycles. The number of rotatable bonds is 0. The zero-order valence-corrected chi connectivity index (χ0v) is 8.20. The van der Waals surface area contributed by atoms with Crippen molar-refractivity contribution in [3.63, 3.8) is 0 Å². The average Bonchev–Trinajstić information content (AvgIpc) is 1.98. The lowest BCUT2D eigenvalue weighted by Crippen LogP contribution is -2.09. The maximum atomic E-state index is 12.3. The third-order valence-corrected chi connectivity index (χ3v) is 2.60. The van der Waals surface area contributed by atoms with Gasteiger partial charge in [-0.1, -0.05) is 0 Å². The monoisotopic (exact) mass is 254 g/mol. The summed E-state index contributed by atoms with van der Waals surface area (Å²) < 4.78 is 37.0. The molecule has 0 atom stereocenters. The van der Waals surface area contributed by atoms with Crippen LogP contribution in [0.15, 0.2) is 10.7 Å². The number of aromatic nitrogens is 1.